The number of hydrogen-bond donors (Lipinski definition) is 3. The van der Waals surface area contributed by atoms with Gasteiger partial charge in [0, 0.05) is 11.4 Å². The van der Waals surface area contributed by atoms with E-state index in [1.54, 1.807) is 17.4 Å². The molecule has 3 N–H and O–H groups in total. The summed E-state index contributed by atoms with van der Waals surface area (Å²) in [7, 11) is 0. The number of rotatable bonds is 5. The van der Waals surface area contributed by atoms with Crippen LogP contribution in [0.25, 0.3) is 0 Å². The molecule has 1 aliphatic heterocycles. The maximum atomic E-state index is 12.0. The molecule has 0 saturated heterocycles. The Balaban J connectivity index is 1.52. The molecule has 0 fully saturated rings. The second-order valence-electron chi connectivity index (χ2n) is 5.54. The van der Waals surface area contributed by atoms with Crippen LogP contribution in [-0.4, -0.2) is 25.1 Å². The van der Waals surface area contributed by atoms with Crippen LogP contribution in [0.1, 0.15) is 23.4 Å². The Bertz CT molecular complexity index is 731. The third-order valence-corrected chi connectivity index (χ3v) is 4.66. The van der Waals surface area contributed by atoms with Gasteiger partial charge in [-0.3, -0.25) is 4.79 Å². The minimum absolute atomic E-state index is 0.0345. The van der Waals surface area contributed by atoms with Crippen molar-refractivity contribution in [2.24, 2.45) is 0 Å². The molecule has 1 aromatic carbocycles. The van der Waals surface area contributed by atoms with Crippen LogP contribution in [-0.2, 0) is 11.2 Å². The highest BCUT2D eigenvalue weighted by Gasteiger charge is 2.18. The van der Waals surface area contributed by atoms with Gasteiger partial charge in [-0.25, -0.2) is 4.79 Å². The normalized spacial score (nSPS) is 14.1. The summed E-state index contributed by atoms with van der Waals surface area (Å²) >= 11 is 1.68. The number of carbonyl (C=O) groups excluding carboxylic acids is 2. The quantitative estimate of drug-likeness (QED) is 0.779. The van der Waals surface area contributed by atoms with Gasteiger partial charge in [-0.05, 0) is 42.5 Å². The topological polar surface area (TPSA) is 79.5 Å². The van der Waals surface area contributed by atoms with Gasteiger partial charge >= 0.3 is 6.03 Å². The van der Waals surface area contributed by atoms with Crippen LogP contribution in [0.5, 0.6) is 5.75 Å². The fourth-order valence-electron chi connectivity index (χ4n) is 2.46. The number of ether oxygens (including phenoxy) is 1. The number of amides is 3. The van der Waals surface area contributed by atoms with Gasteiger partial charge in [0.15, 0.2) is 6.61 Å². The molecule has 0 radical (unpaired) electrons. The average molecular weight is 345 g/mol. The van der Waals surface area contributed by atoms with Crippen LogP contribution >= 0.6 is 11.3 Å². The van der Waals surface area contributed by atoms with E-state index in [0.717, 1.165) is 12.0 Å². The molecule has 0 aliphatic carbocycles. The Hall–Kier alpha value is -2.54. The summed E-state index contributed by atoms with van der Waals surface area (Å²) in [5.74, 6) is 0.470. The summed E-state index contributed by atoms with van der Waals surface area (Å²) in [6, 6.07) is 9.16. The molecule has 2 heterocycles. The summed E-state index contributed by atoms with van der Waals surface area (Å²) in [5, 5.41) is 10.5. The van der Waals surface area contributed by atoms with E-state index in [9.17, 15) is 9.59 Å². The summed E-state index contributed by atoms with van der Waals surface area (Å²) in [6.45, 7) is 2.52. The largest absolute Gasteiger partial charge is 0.482 e. The van der Waals surface area contributed by atoms with E-state index in [1.807, 2.05) is 30.5 Å². The molecule has 7 heteroatoms. The van der Waals surface area contributed by atoms with Gasteiger partial charge in [-0.15, -0.1) is 11.3 Å². The molecule has 1 atom stereocenters. The van der Waals surface area contributed by atoms with Gasteiger partial charge in [0.1, 0.15) is 5.75 Å². The van der Waals surface area contributed by atoms with Gasteiger partial charge < -0.3 is 20.7 Å². The second-order valence-corrected chi connectivity index (χ2v) is 6.58. The molecular weight excluding hydrogens is 326 g/mol. The highest BCUT2D eigenvalue weighted by molar-refractivity contribution is 7.09. The Morgan fingerprint density at radius 1 is 1.42 bits per heavy atom. The first-order valence-electron chi connectivity index (χ1n) is 7.75. The van der Waals surface area contributed by atoms with Crippen molar-refractivity contribution in [1.29, 1.82) is 0 Å². The number of fused-ring (bicyclic) bond motifs is 1. The highest BCUT2D eigenvalue weighted by atomic mass is 32.1. The van der Waals surface area contributed by atoms with Crippen LogP contribution in [0.2, 0.25) is 0 Å². The van der Waals surface area contributed by atoms with Crippen molar-refractivity contribution >= 4 is 29.0 Å². The minimum atomic E-state index is -0.211. The zero-order chi connectivity index (χ0) is 16.9. The van der Waals surface area contributed by atoms with E-state index in [4.69, 9.17) is 4.74 Å². The zero-order valence-electron chi connectivity index (χ0n) is 13.3. The molecule has 2 aromatic rings. The number of anilines is 1. The Kier molecular flexibility index (Phi) is 5.00. The predicted molar refractivity (Wildman–Crippen MR) is 93.5 cm³/mol. The molecule has 126 valence electrons. The van der Waals surface area contributed by atoms with E-state index in [-0.39, 0.29) is 24.6 Å². The molecule has 6 nitrogen and oxygen atoms in total. The number of urea groups is 1. The van der Waals surface area contributed by atoms with Crippen molar-refractivity contribution in [3.05, 3.63) is 46.2 Å². The van der Waals surface area contributed by atoms with Crippen LogP contribution < -0.4 is 20.7 Å². The maximum absolute atomic E-state index is 12.0. The molecular formula is C17H19N3O3S. The van der Waals surface area contributed by atoms with Crippen molar-refractivity contribution in [3.8, 4) is 5.75 Å². The third kappa shape index (κ3) is 4.05. The third-order valence-electron chi connectivity index (χ3n) is 3.72. The first kappa shape index (κ1) is 16.3. The summed E-state index contributed by atoms with van der Waals surface area (Å²) in [4.78, 5) is 24.6. The van der Waals surface area contributed by atoms with E-state index in [2.05, 4.69) is 22.0 Å². The molecule has 0 spiro atoms. The van der Waals surface area contributed by atoms with Gasteiger partial charge in [0.05, 0.1) is 11.7 Å². The Morgan fingerprint density at radius 2 is 2.29 bits per heavy atom. The van der Waals surface area contributed by atoms with Gasteiger partial charge in [0.2, 0.25) is 0 Å². The number of benzene rings is 1. The first-order chi connectivity index (χ1) is 11.6. The predicted octanol–water partition coefficient (Wildman–Crippen LogP) is 2.68. The molecule has 0 bridgehead atoms. The van der Waals surface area contributed by atoms with Crippen molar-refractivity contribution in [1.82, 2.24) is 10.6 Å². The molecule has 0 saturated carbocycles. The number of carbonyl (C=O) groups is 2. The van der Waals surface area contributed by atoms with E-state index in [0.29, 0.717) is 18.0 Å². The van der Waals surface area contributed by atoms with Crippen LogP contribution in [0.3, 0.4) is 0 Å². The van der Waals surface area contributed by atoms with Crippen LogP contribution in [0.4, 0.5) is 10.5 Å². The standard InChI is InChI=1S/C17H19N3O3S/c1-11(19-17(22)18-7-6-13-3-2-8-24-13)12-4-5-15-14(9-12)20-16(21)10-23-15/h2-5,8-9,11H,6-7,10H2,1H3,(H,20,21)(H2,18,19,22)/t11-/m0/s1. The van der Waals surface area contributed by atoms with Gasteiger partial charge in [-0.2, -0.15) is 0 Å². The Morgan fingerprint density at radius 3 is 3.08 bits per heavy atom. The molecule has 3 rings (SSSR count). The summed E-state index contributed by atoms with van der Waals surface area (Å²) in [5.41, 5.74) is 1.53. The molecule has 1 aliphatic rings. The fraction of sp³-hybridized carbons (Fsp3) is 0.294. The Labute approximate surface area is 144 Å². The van der Waals surface area contributed by atoms with Crippen LogP contribution in [0.15, 0.2) is 35.7 Å². The SMILES string of the molecule is C[C@H](NC(=O)NCCc1cccs1)c1ccc2c(c1)NC(=O)CO2. The summed E-state index contributed by atoms with van der Waals surface area (Å²) < 4.78 is 5.33. The maximum Gasteiger partial charge on any atom is 0.315 e. The van der Waals surface area contributed by atoms with Crippen molar-refractivity contribution in [2.75, 3.05) is 18.5 Å². The smallest absolute Gasteiger partial charge is 0.315 e. The van der Waals surface area contributed by atoms with Gasteiger partial charge in [0.25, 0.3) is 5.91 Å². The molecule has 24 heavy (non-hydrogen) atoms. The fourth-order valence-corrected chi connectivity index (χ4v) is 3.16. The highest BCUT2D eigenvalue weighted by Crippen LogP contribution is 2.30. The van der Waals surface area contributed by atoms with Crippen molar-refractivity contribution in [3.63, 3.8) is 0 Å². The second kappa shape index (κ2) is 7.35. The average Bonchev–Trinajstić information content (AvgIpc) is 3.07. The first-order valence-corrected chi connectivity index (χ1v) is 8.63. The summed E-state index contributed by atoms with van der Waals surface area (Å²) in [6.07, 6.45) is 0.821. The van der Waals surface area contributed by atoms with E-state index < -0.39 is 0 Å². The monoisotopic (exact) mass is 345 g/mol. The van der Waals surface area contributed by atoms with Crippen LogP contribution in [0, 0.1) is 0 Å². The van der Waals surface area contributed by atoms with Gasteiger partial charge in [-0.1, -0.05) is 12.1 Å². The lowest BCUT2D eigenvalue weighted by Gasteiger charge is -2.21. The lowest BCUT2D eigenvalue weighted by molar-refractivity contribution is -0.118. The van der Waals surface area contributed by atoms with E-state index >= 15 is 0 Å². The minimum Gasteiger partial charge on any atom is -0.482 e. The molecule has 3 amide bonds. The van der Waals surface area contributed by atoms with E-state index in [1.165, 1.54) is 4.88 Å². The van der Waals surface area contributed by atoms with Crippen molar-refractivity contribution in [2.45, 2.75) is 19.4 Å². The number of hydrogen-bond acceptors (Lipinski definition) is 4. The van der Waals surface area contributed by atoms with Crippen molar-refractivity contribution < 1.29 is 14.3 Å². The lowest BCUT2D eigenvalue weighted by atomic mass is 10.1. The molecule has 1 aromatic heterocycles. The zero-order valence-corrected chi connectivity index (χ0v) is 14.1. The molecule has 0 unspecified atom stereocenters. The number of thiophene rings is 1. The number of nitrogens with one attached hydrogen (secondary N) is 3. The lowest BCUT2D eigenvalue weighted by Crippen LogP contribution is -2.38.